The molecule has 0 aliphatic rings. The van der Waals surface area contributed by atoms with Crippen LogP contribution in [0.5, 0.6) is 0 Å². The molecule has 0 fully saturated rings. The van der Waals surface area contributed by atoms with Crippen molar-refractivity contribution in [1.29, 1.82) is 0 Å². The first-order valence-electron chi connectivity index (χ1n) is 6.94. The van der Waals surface area contributed by atoms with Crippen molar-refractivity contribution in [3.63, 3.8) is 0 Å². The molecule has 0 amide bonds. The maximum Gasteiger partial charge on any atom is 0.0900 e. The molecule has 0 saturated heterocycles. The highest BCUT2D eigenvalue weighted by Gasteiger charge is 2.07. The Balaban J connectivity index is 1.74. The largest absolute Gasteiger partial charge is 0.380 e. The SMILES string of the molecule is Cc1nc(C)c(CNc2ccccc2Cn2cccn2)s1. The highest BCUT2D eigenvalue weighted by atomic mass is 32.1. The summed E-state index contributed by atoms with van der Waals surface area (Å²) in [7, 11) is 0. The second-order valence-corrected chi connectivity index (χ2v) is 6.24. The van der Waals surface area contributed by atoms with Crippen LogP contribution in [0.15, 0.2) is 42.7 Å². The van der Waals surface area contributed by atoms with Gasteiger partial charge in [0.1, 0.15) is 0 Å². The van der Waals surface area contributed by atoms with E-state index in [2.05, 4.69) is 46.6 Å². The monoisotopic (exact) mass is 298 g/mol. The maximum atomic E-state index is 4.47. The zero-order valence-electron chi connectivity index (χ0n) is 12.2. The molecule has 0 bridgehead atoms. The molecule has 2 aromatic heterocycles. The van der Waals surface area contributed by atoms with Gasteiger partial charge in [-0.15, -0.1) is 11.3 Å². The van der Waals surface area contributed by atoms with Gasteiger partial charge < -0.3 is 5.32 Å². The number of rotatable bonds is 5. The molecule has 4 nitrogen and oxygen atoms in total. The lowest BCUT2D eigenvalue weighted by atomic mass is 10.1. The Bertz CT molecular complexity index is 716. The van der Waals surface area contributed by atoms with Crippen LogP contribution < -0.4 is 5.32 Å². The van der Waals surface area contributed by atoms with E-state index in [1.165, 1.54) is 10.4 Å². The summed E-state index contributed by atoms with van der Waals surface area (Å²) in [6.07, 6.45) is 3.78. The number of aryl methyl sites for hydroxylation is 2. The van der Waals surface area contributed by atoms with Crippen LogP contribution in [0.2, 0.25) is 0 Å². The zero-order valence-corrected chi connectivity index (χ0v) is 13.0. The van der Waals surface area contributed by atoms with Gasteiger partial charge in [-0.05, 0) is 31.5 Å². The number of hydrogen-bond donors (Lipinski definition) is 1. The number of benzene rings is 1. The van der Waals surface area contributed by atoms with E-state index >= 15 is 0 Å². The van der Waals surface area contributed by atoms with E-state index in [0.29, 0.717) is 0 Å². The van der Waals surface area contributed by atoms with Gasteiger partial charge in [-0.3, -0.25) is 4.68 Å². The Morgan fingerprint density at radius 1 is 1.19 bits per heavy atom. The molecule has 0 atom stereocenters. The van der Waals surface area contributed by atoms with E-state index in [9.17, 15) is 0 Å². The molecule has 3 aromatic rings. The van der Waals surface area contributed by atoms with Crippen LogP contribution in [-0.2, 0) is 13.1 Å². The molecule has 0 unspecified atom stereocenters. The smallest absolute Gasteiger partial charge is 0.0900 e. The van der Waals surface area contributed by atoms with Gasteiger partial charge in [-0.1, -0.05) is 18.2 Å². The van der Waals surface area contributed by atoms with Gasteiger partial charge in [0.05, 0.1) is 23.8 Å². The van der Waals surface area contributed by atoms with Crippen molar-refractivity contribution in [2.75, 3.05) is 5.32 Å². The van der Waals surface area contributed by atoms with Gasteiger partial charge in [0, 0.05) is 23.0 Å². The standard InChI is InChI=1S/C16H18N4S/c1-12-16(21-13(2)19-12)10-17-15-7-4-3-6-14(15)11-20-9-5-8-18-20/h3-9,17H,10-11H2,1-2H3. The van der Waals surface area contributed by atoms with Crippen LogP contribution in [-0.4, -0.2) is 14.8 Å². The van der Waals surface area contributed by atoms with Crippen LogP contribution in [0.3, 0.4) is 0 Å². The van der Waals surface area contributed by atoms with E-state index in [1.807, 2.05) is 23.9 Å². The van der Waals surface area contributed by atoms with E-state index < -0.39 is 0 Å². The predicted octanol–water partition coefficient (Wildman–Crippen LogP) is 3.62. The number of anilines is 1. The fourth-order valence-corrected chi connectivity index (χ4v) is 3.19. The number of nitrogens with one attached hydrogen (secondary N) is 1. The normalized spacial score (nSPS) is 10.8. The second kappa shape index (κ2) is 6.10. The van der Waals surface area contributed by atoms with Gasteiger partial charge in [0.25, 0.3) is 0 Å². The summed E-state index contributed by atoms with van der Waals surface area (Å²) in [5, 5.41) is 8.91. The van der Waals surface area contributed by atoms with E-state index in [0.717, 1.165) is 29.5 Å². The van der Waals surface area contributed by atoms with Crippen molar-refractivity contribution in [3.8, 4) is 0 Å². The van der Waals surface area contributed by atoms with Crippen molar-refractivity contribution < 1.29 is 0 Å². The summed E-state index contributed by atoms with van der Waals surface area (Å²) in [5.74, 6) is 0. The van der Waals surface area contributed by atoms with Crippen molar-refractivity contribution in [1.82, 2.24) is 14.8 Å². The van der Waals surface area contributed by atoms with E-state index in [1.54, 1.807) is 17.5 Å². The minimum atomic E-state index is 0.775. The molecule has 5 heteroatoms. The summed E-state index contributed by atoms with van der Waals surface area (Å²) in [6, 6.07) is 10.3. The quantitative estimate of drug-likeness (QED) is 0.782. The van der Waals surface area contributed by atoms with Crippen molar-refractivity contribution in [3.05, 3.63) is 63.9 Å². The number of para-hydroxylation sites is 1. The number of aromatic nitrogens is 3. The van der Waals surface area contributed by atoms with Gasteiger partial charge in [-0.2, -0.15) is 5.10 Å². The molecule has 0 spiro atoms. The Morgan fingerprint density at radius 3 is 2.76 bits per heavy atom. The molecule has 21 heavy (non-hydrogen) atoms. The summed E-state index contributed by atoms with van der Waals surface area (Å²) in [4.78, 5) is 5.76. The average Bonchev–Trinajstić information content (AvgIpc) is 3.08. The molecule has 0 radical (unpaired) electrons. The molecular formula is C16H18N4S. The molecule has 1 aromatic carbocycles. The predicted molar refractivity (Wildman–Crippen MR) is 86.7 cm³/mol. The fraction of sp³-hybridized carbons (Fsp3) is 0.250. The minimum Gasteiger partial charge on any atom is -0.380 e. The van der Waals surface area contributed by atoms with Gasteiger partial charge in [0.2, 0.25) is 0 Å². The van der Waals surface area contributed by atoms with Crippen LogP contribution in [0, 0.1) is 13.8 Å². The molecule has 0 aliphatic carbocycles. The third kappa shape index (κ3) is 3.31. The Kier molecular flexibility index (Phi) is 4.01. The number of hydrogen-bond acceptors (Lipinski definition) is 4. The van der Waals surface area contributed by atoms with Crippen molar-refractivity contribution in [2.45, 2.75) is 26.9 Å². The molecule has 1 N–H and O–H groups in total. The van der Waals surface area contributed by atoms with Gasteiger partial charge in [-0.25, -0.2) is 4.98 Å². The second-order valence-electron chi connectivity index (χ2n) is 4.96. The molecule has 0 saturated carbocycles. The highest BCUT2D eigenvalue weighted by molar-refractivity contribution is 7.11. The fourth-order valence-electron chi connectivity index (χ4n) is 2.31. The lowest BCUT2D eigenvalue weighted by molar-refractivity contribution is 0.687. The van der Waals surface area contributed by atoms with Crippen LogP contribution in [0.25, 0.3) is 0 Å². The number of thiazole rings is 1. The summed E-state index contributed by atoms with van der Waals surface area (Å²) in [5.41, 5.74) is 3.51. The van der Waals surface area contributed by atoms with Gasteiger partial charge >= 0.3 is 0 Å². The van der Waals surface area contributed by atoms with Crippen LogP contribution >= 0.6 is 11.3 Å². The Labute approximate surface area is 128 Å². The lowest BCUT2D eigenvalue weighted by Gasteiger charge is -2.11. The third-order valence-corrected chi connectivity index (χ3v) is 4.42. The third-order valence-electron chi connectivity index (χ3n) is 3.35. The van der Waals surface area contributed by atoms with Crippen LogP contribution in [0.4, 0.5) is 5.69 Å². The van der Waals surface area contributed by atoms with Crippen LogP contribution in [0.1, 0.15) is 21.1 Å². The first-order valence-corrected chi connectivity index (χ1v) is 7.76. The van der Waals surface area contributed by atoms with Crippen molar-refractivity contribution in [2.24, 2.45) is 0 Å². The highest BCUT2D eigenvalue weighted by Crippen LogP contribution is 2.21. The summed E-state index contributed by atoms with van der Waals surface area (Å²) < 4.78 is 1.93. The molecule has 108 valence electrons. The minimum absolute atomic E-state index is 0.775. The zero-order chi connectivity index (χ0) is 14.7. The topological polar surface area (TPSA) is 42.7 Å². The first kappa shape index (κ1) is 13.8. The Hall–Kier alpha value is -2.14. The maximum absolute atomic E-state index is 4.47. The van der Waals surface area contributed by atoms with E-state index in [-0.39, 0.29) is 0 Å². The lowest BCUT2D eigenvalue weighted by Crippen LogP contribution is -2.06. The summed E-state index contributed by atoms with van der Waals surface area (Å²) >= 11 is 1.75. The van der Waals surface area contributed by atoms with Gasteiger partial charge in [0.15, 0.2) is 0 Å². The first-order chi connectivity index (χ1) is 10.2. The summed E-state index contributed by atoms with van der Waals surface area (Å²) in [6.45, 7) is 5.70. The molecule has 2 heterocycles. The van der Waals surface area contributed by atoms with Crippen molar-refractivity contribution >= 4 is 17.0 Å². The molecule has 0 aliphatic heterocycles. The molecular weight excluding hydrogens is 280 g/mol. The number of nitrogens with zero attached hydrogens (tertiary/aromatic N) is 3. The molecule has 3 rings (SSSR count). The average molecular weight is 298 g/mol. The van der Waals surface area contributed by atoms with E-state index in [4.69, 9.17) is 0 Å². The Morgan fingerprint density at radius 2 is 2.05 bits per heavy atom.